The van der Waals surface area contributed by atoms with Crippen LogP contribution in [-0.4, -0.2) is 17.4 Å². The highest BCUT2D eigenvalue weighted by Crippen LogP contribution is 2.45. The van der Waals surface area contributed by atoms with Gasteiger partial charge in [0.25, 0.3) is 0 Å². The zero-order valence-corrected chi connectivity index (χ0v) is 7.57. The molecule has 7 heteroatoms. The summed E-state index contributed by atoms with van der Waals surface area (Å²) in [5, 5.41) is 9.29. The number of esters is 1. The largest absolute Gasteiger partial charge is 0.586 e. The first-order valence-electron chi connectivity index (χ1n) is 4.29. The van der Waals surface area contributed by atoms with Crippen molar-refractivity contribution in [2.24, 2.45) is 0 Å². The van der Waals surface area contributed by atoms with Crippen molar-refractivity contribution in [1.82, 2.24) is 0 Å². The number of rotatable bonds is 0. The number of aliphatic hydroxyl groups is 1. The summed E-state index contributed by atoms with van der Waals surface area (Å²) in [7, 11) is 0. The average Bonchev–Trinajstić information content (AvgIpc) is 2.60. The number of carbonyl (C=O) groups is 1. The standard InChI is InChI=1S/C9H4F2O5/c10-9(11)15-5-1-3-4(2-6(5)16-9)8(13)14-7(3)12/h1-2,7,12H. The lowest BCUT2D eigenvalue weighted by atomic mass is 10.1. The maximum absolute atomic E-state index is 12.7. The lowest BCUT2D eigenvalue weighted by Crippen LogP contribution is -2.26. The van der Waals surface area contributed by atoms with Crippen LogP contribution in [0.15, 0.2) is 12.1 Å². The van der Waals surface area contributed by atoms with Gasteiger partial charge in [0.2, 0.25) is 6.29 Å². The number of alkyl halides is 2. The molecule has 0 saturated carbocycles. The molecule has 2 aliphatic rings. The number of carbonyl (C=O) groups excluding carboxylic acids is 1. The molecule has 0 bridgehead atoms. The second-order valence-electron chi connectivity index (χ2n) is 3.31. The second kappa shape index (κ2) is 2.62. The number of ether oxygens (including phenoxy) is 3. The molecular formula is C9H4F2O5. The van der Waals surface area contributed by atoms with E-state index >= 15 is 0 Å². The molecule has 0 amide bonds. The molecule has 16 heavy (non-hydrogen) atoms. The van der Waals surface area contributed by atoms with Crippen molar-refractivity contribution in [1.29, 1.82) is 0 Å². The van der Waals surface area contributed by atoms with Crippen LogP contribution in [0.25, 0.3) is 0 Å². The van der Waals surface area contributed by atoms with E-state index in [-0.39, 0.29) is 22.6 Å². The Bertz CT molecular complexity index is 499. The number of hydrogen-bond donors (Lipinski definition) is 1. The highest BCUT2D eigenvalue weighted by atomic mass is 19.3. The maximum atomic E-state index is 12.7. The molecule has 1 N–H and O–H groups in total. The van der Waals surface area contributed by atoms with E-state index in [1.54, 1.807) is 0 Å². The van der Waals surface area contributed by atoms with Crippen LogP contribution >= 0.6 is 0 Å². The van der Waals surface area contributed by atoms with Gasteiger partial charge in [-0.2, -0.15) is 0 Å². The van der Waals surface area contributed by atoms with Crippen molar-refractivity contribution in [3.8, 4) is 11.5 Å². The van der Waals surface area contributed by atoms with Gasteiger partial charge in [0.1, 0.15) is 0 Å². The molecule has 3 rings (SSSR count). The van der Waals surface area contributed by atoms with Crippen LogP contribution in [0.5, 0.6) is 11.5 Å². The van der Waals surface area contributed by atoms with Crippen LogP contribution in [-0.2, 0) is 4.74 Å². The van der Waals surface area contributed by atoms with Gasteiger partial charge in [-0.05, 0) is 12.1 Å². The molecule has 0 spiro atoms. The molecule has 0 fully saturated rings. The highest BCUT2D eigenvalue weighted by Gasteiger charge is 2.45. The van der Waals surface area contributed by atoms with E-state index in [1.165, 1.54) is 0 Å². The smallest absolute Gasteiger partial charge is 0.428 e. The predicted octanol–water partition coefficient (Wildman–Crippen LogP) is 1.17. The summed E-state index contributed by atoms with van der Waals surface area (Å²) >= 11 is 0. The van der Waals surface area contributed by atoms with Gasteiger partial charge in [0.15, 0.2) is 11.5 Å². The van der Waals surface area contributed by atoms with Crippen LogP contribution in [0, 0.1) is 0 Å². The molecule has 1 aromatic rings. The van der Waals surface area contributed by atoms with E-state index in [0.29, 0.717) is 0 Å². The van der Waals surface area contributed by atoms with E-state index < -0.39 is 18.6 Å². The molecule has 2 heterocycles. The predicted molar refractivity (Wildman–Crippen MR) is 43.0 cm³/mol. The summed E-state index contributed by atoms with van der Waals surface area (Å²) in [5.41, 5.74) is 0.0811. The molecule has 0 radical (unpaired) electrons. The topological polar surface area (TPSA) is 65.0 Å². The minimum Gasteiger partial charge on any atom is -0.428 e. The van der Waals surface area contributed by atoms with E-state index in [4.69, 9.17) is 0 Å². The second-order valence-corrected chi connectivity index (χ2v) is 3.31. The molecule has 84 valence electrons. The molecule has 0 saturated heterocycles. The SMILES string of the molecule is O=C1OC(O)c2cc3c(cc21)OC(F)(F)O3. The maximum Gasteiger partial charge on any atom is 0.586 e. The fourth-order valence-corrected chi connectivity index (χ4v) is 1.62. The fourth-order valence-electron chi connectivity index (χ4n) is 1.62. The van der Waals surface area contributed by atoms with Gasteiger partial charge in [-0.3, -0.25) is 0 Å². The zero-order valence-electron chi connectivity index (χ0n) is 7.57. The van der Waals surface area contributed by atoms with Crippen molar-refractivity contribution < 1.29 is 32.9 Å². The summed E-state index contributed by atoms with van der Waals surface area (Å²) in [6, 6.07) is 2.16. The van der Waals surface area contributed by atoms with Gasteiger partial charge in [-0.25, -0.2) is 4.79 Å². The first-order chi connectivity index (χ1) is 7.46. The number of halogens is 2. The van der Waals surface area contributed by atoms with Crippen molar-refractivity contribution >= 4 is 5.97 Å². The third-order valence-corrected chi connectivity index (χ3v) is 2.28. The molecule has 5 nitrogen and oxygen atoms in total. The van der Waals surface area contributed by atoms with Crippen molar-refractivity contribution in [2.45, 2.75) is 12.6 Å². The Hall–Kier alpha value is -1.89. The zero-order chi connectivity index (χ0) is 11.5. The van der Waals surface area contributed by atoms with Crippen molar-refractivity contribution in [2.75, 3.05) is 0 Å². The normalized spacial score (nSPS) is 24.2. The van der Waals surface area contributed by atoms with E-state index in [0.717, 1.165) is 12.1 Å². The van der Waals surface area contributed by atoms with Crippen LogP contribution < -0.4 is 9.47 Å². The Kier molecular flexibility index (Phi) is 1.53. The summed E-state index contributed by atoms with van der Waals surface area (Å²) in [5.74, 6) is -1.28. The van der Waals surface area contributed by atoms with Crippen LogP contribution in [0.3, 0.4) is 0 Å². The third-order valence-electron chi connectivity index (χ3n) is 2.28. The van der Waals surface area contributed by atoms with Crippen LogP contribution in [0.2, 0.25) is 0 Å². The highest BCUT2D eigenvalue weighted by molar-refractivity contribution is 5.94. The quantitative estimate of drug-likeness (QED) is 0.677. The fraction of sp³-hybridized carbons (Fsp3) is 0.222. The molecule has 2 aliphatic heterocycles. The molecule has 0 aliphatic carbocycles. The molecule has 1 unspecified atom stereocenters. The minimum absolute atomic E-state index is 0.00690. The lowest BCUT2D eigenvalue weighted by Gasteiger charge is -2.04. The first kappa shape index (κ1) is 9.34. The van der Waals surface area contributed by atoms with Gasteiger partial charge < -0.3 is 19.3 Å². The molecule has 1 aromatic carbocycles. The van der Waals surface area contributed by atoms with Gasteiger partial charge in [0.05, 0.1) is 5.56 Å². The lowest BCUT2D eigenvalue weighted by molar-refractivity contribution is -0.286. The summed E-state index contributed by atoms with van der Waals surface area (Å²) in [6.45, 7) is 0. The van der Waals surface area contributed by atoms with Crippen LogP contribution in [0.1, 0.15) is 22.2 Å². The van der Waals surface area contributed by atoms with E-state index in [9.17, 15) is 18.7 Å². The van der Waals surface area contributed by atoms with Gasteiger partial charge in [-0.15, -0.1) is 8.78 Å². The van der Waals surface area contributed by atoms with E-state index in [1.807, 2.05) is 0 Å². The summed E-state index contributed by atoms with van der Waals surface area (Å²) in [4.78, 5) is 11.2. The number of aliphatic hydroxyl groups excluding tert-OH is 1. The van der Waals surface area contributed by atoms with Gasteiger partial charge in [0, 0.05) is 5.56 Å². The Morgan fingerprint density at radius 3 is 2.56 bits per heavy atom. The van der Waals surface area contributed by atoms with Gasteiger partial charge >= 0.3 is 12.3 Å². The third kappa shape index (κ3) is 1.15. The monoisotopic (exact) mass is 230 g/mol. The van der Waals surface area contributed by atoms with Crippen molar-refractivity contribution in [3.05, 3.63) is 23.3 Å². The average molecular weight is 230 g/mol. The Morgan fingerprint density at radius 1 is 1.25 bits per heavy atom. The minimum atomic E-state index is -3.74. The first-order valence-corrected chi connectivity index (χ1v) is 4.29. The summed E-state index contributed by atoms with van der Waals surface area (Å²) < 4.78 is 38.2. The van der Waals surface area contributed by atoms with Gasteiger partial charge in [-0.1, -0.05) is 0 Å². The number of hydrogen-bond acceptors (Lipinski definition) is 5. The van der Waals surface area contributed by atoms with E-state index in [2.05, 4.69) is 14.2 Å². The van der Waals surface area contributed by atoms with Crippen molar-refractivity contribution in [3.63, 3.8) is 0 Å². The molecule has 1 atom stereocenters. The summed E-state index contributed by atoms with van der Waals surface area (Å²) in [6.07, 6.45) is -5.20. The Balaban J connectivity index is 2.13. The molecule has 0 aromatic heterocycles. The van der Waals surface area contributed by atoms with Crippen LogP contribution in [0.4, 0.5) is 8.78 Å². The molecular weight excluding hydrogens is 226 g/mol. The number of fused-ring (bicyclic) bond motifs is 2. The number of cyclic esters (lactones) is 1. The Morgan fingerprint density at radius 2 is 1.88 bits per heavy atom. The number of benzene rings is 1. The Labute approximate surface area is 87.1 Å².